The maximum absolute atomic E-state index is 11.9. The quantitative estimate of drug-likeness (QED) is 0.292. The zero-order chi connectivity index (χ0) is 23.2. The highest BCUT2D eigenvalue weighted by Crippen LogP contribution is 2.26. The van der Waals surface area contributed by atoms with Crippen molar-refractivity contribution in [3.05, 3.63) is 47.3 Å². The van der Waals surface area contributed by atoms with E-state index in [0.717, 1.165) is 24.7 Å². The Kier molecular flexibility index (Phi) is 4.96. The Bertz CT molecular complexity index is 1410. The number of benzene rings is 1. The summed E-state index contributed by atoms with van der Waals surface area (Å²) in [6, 6.07) is 6.28. The van der Waals surface area contributed by atoms with Crippen molar-refractivity contribution < 1.29 is 18.0 Å². The molecule has 0 spiro atoms. The lowest BCUT2D eigenvalue weighted by Gasteiger charge is -2.10. The van der Waals surface area contributed by atoms with E-state index < -0.39 is 21.8 Å². The zero-order valence-electron chi connectivity index (χ0n) is 17.5. The highest BCUT2D eigenvalue weighted by molar-refractivity contribution is 7.90. The van der Waals surface area contributed by atoms with E-state index in [2.05, 4.69) is 36.3 Å². The molecule has 0 atom stereocenters. The highest BCUT2D eigenvalue weighted by atomic mass is 32.2. The molecule has 4 N–H and O–H groups in total. The summed E-state index contributed by atoms with van der Waals surface area (Å²) in [4.78, 5) is 32.6. The first kappa shape index (κ1) is 20.9. The van der Waals surface area contributed by atoms with Crippen LogP contribution in [0.1, 0.15) is 24.0 Å². The van der Waals surface area contributed by atoms with Crippen molar-refractivity contribution in [2.24, 2.45) is 0 Å². The lowest BCUT2D eigenvalue weighted by Crippen LogP contribution is -2.22. The first-order valence-corrected chi connectivity index (χ1v) is 12.0. The van der Waals surface area contributed by atoms with Gasteiger partial charge in [0.1, 0.15) is 5.70 Å². The fourth-order valence-electron chi connectivity index (χ4n) is 3.25. The molecule has 2 fully saturated rings. The van der Waals surface area contributed by atoms with Gasteiger partial charge in [-0.2, -0.15) is 19.6 Å². The number of fused-ring (bicyclic) bond motifs is 1. The van der Waals surface area contributed by atoms with Crippen LogP contribution in [-0.2, 0) is 21.2 Å². The van der Waals surface area contributed by atoms with Gasteiger partial charge in [-0.25, -0.2) is 13.2 Å². The van der Waals surface area contributed by atoms with Crippen LogP contribution in [-0.4, -0.2) is 52.2 Å². The minimum Gasteiger partial charge on any atom is -0.351 e. The monoisotopic (exact) mass is 468 g/mol. The molecule has 1 saturated carbocycles. The average molecular weight is 468 g/mol. The van der Waals surface area contributed by atoms with Crippen LogP contribution in [0.25, 0.3) is 11.7 Å². The Morgan fingerprint density at radius 1 is 1.15 bits per heavy atom. The number of amides is 3. The summed E-state index contributed by atoms with van der Waals surface area (Å²) in [5.74, 6) is 0.306. The number of rotatable bonds is 7. The van der Waals surface area contributed by atoms with Gasteiger partial charge < -0.3 is 16.0 Å². The van der Waals surface area contributed by atoms with Gasteiger partial charge in [0, 0.05) is 24.4 Å². The molecule has 2 aliphatic rings. The molecule has 3 heterocycles. The van der Waals surface area contributed by atoms with E-state index in [4.69, 9.17) is 0 Å². The third-order valence-corrected chi connectivity index (χ3v) is 6.26. The molecule has 33 heavy (non-hydrogen) atoms. The Hall–Kier alpha value is -4.00. The summed E-state index contributed by atoms with van der Waals surface area (Å²) >= 11 is 0. The van der Waals surface area contributed by atoms with E-state index in [1.165, 1.54) is 6.08 Å². The molecule has 3 aromatic rings. The number of imide groups is 1. The number of hydrogen-bond donors (Lipinski definition) is 4. The highest BCUT2D eigenvalue weighted by Gasteiger charge is 2.26. The Morgan fingerprint density at radius 3 is 2.55 bits per heavy atom. The summed E-state index contributed by atoms with van der Waals surface area (Å²) in [5.41, 5.74) is 1.93. The van der Waals surface area contributed by atoms with Gasteiger partial charge in [0.15, 0.2) is 15.5 Å². The number of carbonyl (C=O) groups excluding carboxylic acids is 2. The van der Waals surface area contributed by atoms with Crippen LogP contribution in [0.4, 0.5) is 16.7 Å². The minimum absolute atomic E-state index is 0.102. The normalized spacial score (nSPS) is 17.3. The van der Waals surface area contributed by atoms with Crippen LogP contribution in [0.2, 0.25) is 0 Å². The second-order valence-corrected chi connectivity index (χ2v) is 9.88. The summed E-state index contributed by atoms with van der Waals surface area (Å²) < 4.78 is 24.8. The molecule has 1 saturated heterocycles. The second-order valence-electron chi connectivity index (χ2n) is 7.86. The Morgan fingerprint density at radius 2 is 1.91 bits per heavy atom. The van der Waals surface area contributed by atoms with E-state index in [-0.39, 0.29) is 10.6 Å². The summed E-state index contributed by atoms with van der Waals surface area (Å²) in [6.07, 6.45) is 6.28. The fraction of sp³-hybridized carbons (Fsp3) is 0.250. The van der Waals surface area contributed by atoms with Crippen LogP contribution >= 0.6 is 0 Å². The Labute approximate surface area is 188 Å². The third-order valence-electron chi connectivity index (χ3n) is 5.13. The minimum atomic E-state index is -3.26. The van der Waals surface area contributed by atoms with E-state index in [0.29, 0.717) is 35.7 Å². The number of aromatic nitrogens is 4. The van der Waals surface area contributed by atoms with Gasteiger partial charge in [-0.05, 0) is 36.6 Å². The van der Waals surface area contributed by atoms with Crippen molar-refractivity contribution in [1.29, 1.82) is 0 Å². The van der Waals surface area contributed by atoms with Gasteiger partial charge in [-0.15, -0.1) is 0 Å². The molecule has 1 aliphatic carbocycles. The van der Waals surface area contributed by atoms with Gasteiger partial charge >= 0.3 is 6.03 Å². The number of hydrogen-bond acceptors (Lipinski definition) is 9. The zero-order valence-corrected chi connectivity index (χ0v) is 18.3. The predicted molar refractivity (Wildman–Crippen MR) is 119 cm³/mol. The van der Waals surface area contributed by atoms with E-state index in [9.17, 15) is 18.0 Å². The predicted octanol–water partition coefficient (Wildman–Crippen LogP) is 0.894. The first-order valence-electron chi connectivity index (χ1n) is 10.2. The number of urea groups is 1. The topological polar surface area (TPSA) is 159 Å². The van der Waals surface area contributed by atoms with Crippen molar-refractivity contribution in [3.8, 4) is 0 Å². The third kappa shape index (κ3) is 4.48. The maximum Gasteiger partial charge on any atom is 0.326 e. The van der Waals surface area contributed by atoms with Gasteiger partial charge in [0.2, 0.25) is 11.9 Å². The molecular formula is C20H20N8O4S. The summed E-state index contributed by atoms with van der Waals surface area (Å²) in [5, 5.41) is 15.4. The van der Waals surface area contributed by atoms with Gasteiger partial charge in [-0.1, -0.05) is 12.1 Å². The molecule has 12 nitrogen and oxygen atoms in total. The van der Waals surface area contributed by atoms with Crippen molar-refractivity contribution >= 4 is 45.4 Å². The molecule has 5 rings (SSSR count). The first-order chi connectivity index (χ1) is 15.8. The maximum atomic E-state index is 11.9. The van der Waals surface area contributed by atoms with Crippen molar-refractivity contribution in [3.63, 3.8) is 0 Å². The SMILES string of the molecule is CS(=O)(=O)c1ccc(CNc2nc(NC3CC3)n3ncc(/C=C4\NC(=O)NC4=O)c3n2)cc1. The molecule has 1 aliphatic heterocycles. The lowest BCUT2D eigenvalue weighted by atomic mass is 10.2. The van der Waals surface area contributed by atoms with E-state index in [1.54, 1.807) is 35.0 Å². The molecule has 0 bridgehead atoms. The smallest absolute Gasteiger partial charge is 0.326 e. The second kappa shape index (κ2) is 7.85. The van der Waals surface area contributed by atoms with Gasteiger partial charge in [-0.3, -0.25) is 10.1 Å². The molecule has 0 radical (unpaired) electrons. The summed E-state index contributed by atoms with van der Waals surface area (Å²) in [6.45, 7) is 0.367. The fourth-order valence-corrected chi connectivity index (χ4v) is 3.88. The summed E-state index contributed by atoms with van der Waals surface area (Å²) in [7, 11) is -3.26. The molecule has 0 unspecified atom stereocenters. The van der Waals surface area contributed by atoms with Crippen LogP contribution in [0.15, 0.2) is 41.1 Å². The van der Waals surface area contributed by atoms with Crippen LogP contribution in [0, 0.1) is 0 Å². The number of nitrogens with zero attached hydrogens (tertiary/aromatic N) is 4. The van der Waals surface area contributed by atoms with Crippen LogP contribution < -0.4 is 21.3 Å². The largest absolute Gasteiger partial charge is 0.351 e. The number of sulfone groups is 1. The number of nitrogens with one attached hydrogen (secondary N) is 4. The van der Waals surface area contributed by atoms with Gasteiger partial charge in [0.25, 0.3) is 5.91 Å². The van der Waals surface area contributed by atoms with E-state index >= 15 is 0 Å². The molecule has 2 aromatic heterocycles. The molecular weight excluding hydrogens is 448 g/mol. The average Bonchev–Trinajstić information content (AvgIpc) is 3.40. The number of anilines is 2. The lowest BCUT2D eigenvalue weighted by molar-refractivity contribution is -0.115. The van der Waals surface area contributed by atoms with Crippen molar-refractivity contribution in [2.45, 2.75) is 30.3 Å². The van der Waals surface area contributed by atoms with Crippen LogP contribution in [0.5, 0.6) is 0 Å². The molecule has 13 heteroatoms. The van der Waals surface area contributed by atoms with Crippen molar-refractivity contribution in [1.82, 2.24) is 30.2 Å². The molecule has 170 valence electrons. The van der Waals surface area contributed by atoms with Gasteiger partial charge in [0.05, 0.1) is 11.1 Å². The van der Waals surface area contributed by atoms with Crippen LogP contribution in [0.3, 0.4) is 0 Å². The standard InChI is InChI=1S/C20H20N8O4S/c1-33(31,32)14-6-2-11(3-7-14)9-21-18-25-16-12(8-15-17(29)26-20(30)24-15)10-22-28(16)19(27-18)23-13-4-5-13/h2-3,6-8,10,13H,4-5,9H2,1H3,(H2,21,23,25,27)(H2,24,26,29,30)/b15-8-. The van der Waals surface area contributed by atoms with E-state index in [1.807, 2.05) is 0 Å². The molecule has 1 aromatic carbocycles. The van der Waals surface area contributed by atoms with Crippen molar-refractivity contribution in [2.75, 3.05) is 16.9 Å². The Balaban J connectivity index is 1.45. The number of carbonyl (C=O) groups is 2. The molecule has 3 amide bonds.